The van der Waals surface area contributed by atoms with Crippen LogP contribution in [0.15, 0.2) is 42.7 Å². The number of benzene rings is 1. The van der Waals surface area contributed by atoms with Crippen LogP contribution in [0.25, 0.3) is 0 Å². The van der Waals surface area contributed by atoms with E-state index in [1.165, 1.54) is 5.56 Å². The van der Waals surface area contributed by atoms with Crippen LogP contribution in [0.3, 0.4) is 0 Å². The fourth-order valence-corrected chi connectivity index (χ4v) is 4.06. The third-order valence-electron chi connectivity index (χ3n) is 5.34. The molecule has 1 aromatic carbocycles. The van der Waals surface area contributed by atoms with Crippen LogP contribution in [0.4, 0.5) is 5.69 Å². The predicted octanol–water partition coefficient (Wildman–Crippen LogP) is 2.11. The molecule has 2 heterocycles. The number of rotatable bonds is 2. The van der Waals surface area contributed by atoms with Crippen LogP contribution >= 0.6 is 0 Å². The van der Waals surface area contributed by atoms with Crippen molar-refractivity contribution < 1.29 is 14.8 Å². The topological polar surface area (TPSA) is 82.5 Å². The Morgan fingerprint density at radius 1 is 1.24 bits per heavy atom. The van der Waals surface area contributed by atoms with Crippen molar-refractivity contribution in [1.82, 2.24) is 10.5 Å². The normalized spacial score (nSPS) is 22.1. The molecule has 6 heteroatoms. The van der Waals surface area contributed by atoms with Crippen molar-refractivity contribution >= 4 is 17.5 Å². The molecule has 2 N–H and O–H groups in total. The van der Waals surface area contributed by atoms with Crippen LogP contribution in [0.5, 0.6) is 0 Å². The molecule has 1 aromatic heterocycles. The monoisotopic (exact) mass is 337 g/mol. The minimum atomic E-state index is -0.498. The number of aromatic nitrogens is 1. The Bertz CT molecular complexity index is 837. The van der Waals surface area contributed by atoms with Crippen LogP contribution in [-0.2, 0) is 17.6 Å². The molecule has 6 nitrogen and oxygen atoms in total. The van der Waals surface area contributed by atoms with Gasteiger partial charge in [-0.3, -0.25) is 19.8 Å². The highest BCUT2D eigenvalue weighted by molar-refractivity contribution is 5.96. The molecule has 25 heavy (non-hydrogen) atoms. The molecule has 0 radical (unpaired) electrons. The van der Waals surface area contributed by atoms with E-state index < -0.39 is 5.91 Å². The van der Waals surface area contributed by atoms with Crippen LogP contribution in [0, 0.1) is 5.41 Å². The second kappa shape index (κ2) is 5.97. The molecule has 4 rings (SSSR count). The standard InChI is InChI=1S/C19H19N3O3/c23-17-10-19(12-22(17)16-2-1-7-20-11-16)6-5-13-8-14(18(24)21-25)3-4-15(13)9-19/h1-4,7-8,11,25H,5-6,9-10,12H2,(H,21,24). The fraction of sp³-hybridized carbons (Fsp3) is 0.316. The molecule has 1 fully saturated rings. The van der Waals surface area contributed by atoms with Gasteiger partial charge in [-0.25, -0.2) is 5.48 Å². The van der Waals surface area contributed by atoms with E-state index in [9.17, 15) is 9.59 Å². The first kappa shape index (κ1) is 15.8. The Labute approximate surface area is 145 Å². The first-order chi connectivity index (χ1) is 12.1. The summed E-state index contributed by atoms with van der Waals surface area (Å²) in [6.45, 7) is 0.704. The van der Waals surface area contributed by atoms with E-state index in [-0.39, 0.29) is 11.3 Å². The van der Waals surface area contributed by atoms with E-state index in [4.69, 9.17) is 5.21 Å². The smallest absolute Gasteiger partial charge is 0.274 e. The number of nitrogens with zero attached hydrogens (tertiary/aromatic N) is 2. The number of hydrogen-bond donors (Lipinski definition) is 2. The summed E-state index contributed by atoms with van der Waals surface area (Å²) in [5, 5.41) is 8.78. The first-order valence-corrected chi connectivity index (χ1v) is 8.37. The summed E-state index contributed by atoms with van der Waals surface area (Å²) in [5.41, 5.74) is 5.23. The van der Waals surface area contributed by atoms with Crippen LogP contribution < -0.4 is 10.4 Å². The maximum absolute atomic E-state index is 12.6. The third-order valence-corrected chi connectivity index (χ3v) is 5.34. The fourth-order valence-electron chi connectivity index (χ4n) is 4.06. The van der Waals surface area contributed by atoms with E-state index in [0.29, 0.717) is 18.5 Å². The Morgan fingerprint density at radius 2 is 2.12 bits per heavy atom. The molecule has 1 aliphatic heterocycles. The van der Waals surface area contributed by atoms with Gasteiger partial charge in [0.15, 0.2) is 0 Å². The molecule has 1 unspecified atom stereocenters. The number of fused-ring (bicyclic) bond motifs is 1. The zero-order valence-electron chi connectivity index (χ0n) is 13.7. The Kier molecular flexibility index (Phi) is 3.77. The maximum atomic E-state index is 12.6. The predicted molar refractivity (Wildman–Crippen MR) is 91.4 cm³/mol. The lowest BCUT2D eigenvalue weighted by molar-refractivity contribution is -0.117. The van der Waals surface area contributed by atoms with Gasteiger partial charge in [0.1, 0.15) is 0 Å². The Hall–Kier alpha value is -2.73. The third kappa shape index (κ3) is 2.78. The lowest BCUT2D eigenvalue weighted by Gasteiger charge is -2.34. The molecule has 1 saturated heterocycles. The van der Waals surface area contributed by atoms with Crippen molar-refractivity contribution in [2.75, 3.05) is 11.4 Å². The minimum absolute atomic E-state index is 0.0549. The minimum Gasteiger partial charge on any atom is -0.310 e. The van der Waals surface area contributed by atoms with Crippen molar-refractivity contribution in [1.29, 1.82) is 0 Å². The molecule has 1 atom stereocenters. The highest BCUT2D eigenvalue weighted by Crippen LogP contribution is 2.44. The largest absolute Gasteiger partial charge is 0.310 e. The molecule has 0 bridgehead atoms. The number of amides is 2. The second-order valence-corrected chi connectivity index (χ2v) is 6.97. The zero-order chi connectivity index (χ0) is 17.4. The highest BCUT2D eigenvalue weighted by atomic mass is 16.5. The van der Waals surface area contributed by atoms with E-state index in [0.717, 1.165) is 30.5 Å². The summed E-state index contributed by atoms with van der Waals surface area (Å²) in [7, 11) is 0. The van der Waals surface area contributed by atoms with E-state index in [1.807, 2.05) is 29.2 Å². The number of nitrogens with one attached hydrogen (secondary N) is 1. The van der Waals surface area contributed by atoms with Crippen molar-refractivity contribution in [3.63, 3.8) is 0 Å². The van der Waals surface area contributed by atoms with Gasteiger partial charge in [0, 0.05) is 30.1 Å². The van der Waals surface area contributed by atoms with Gasteiger partial charge in [-0.15, -0.1) is 0 Å². The summed E-state index contributed by atoms with van der Waals surface area (Å²) < 4.78 is 0. The molecule has 1 aliphatic carbocycles. The lowest BCUT2D eigenvalue weighted by Crippen LogP contribution is -2.33. The average molecular weight is 337 g/mol. The first-order valence-electron chi connectivity index (χ1n) is 8.37. The maximum Gasteiger partial charge on any atom is 0.274 e. The molecular weight excluding hydrogens is 318 g/mol. The van der Waals surface area contributed by atoms with Crippen LogP contribution in [0.2, 0.25) is 0 Å². The Balaban J connectivity index is 1.58. The van der Waals surface area contributed by atoms with Crippen LogP contribution in [0.1, 0.15) is 34.3 Å². The van der Waals surface area contributed by atoms with Gasteiger partial charge in [0.25, 0.3) is 5.91 Å². The number of carbonyl (C=O) groups is 2. The molecule has 0 saturated carbocycles. The summed E-state index contributed by atoms with van der Waals surface area (Å²) in [4.78, 5) is 30.1. The number of hydroxylamine groups is 1. The summed E-state index contributed by atoms with van der Waals surface area (Å²) >= 11 is 0. The molecule has 1 spiro atoms. The van der Waals surface area contributed by atoms with Crippen LogP contribution in [-0.4, -0.2) is 28.6 Å². The molecule has 2 aromatic rings. The van der Waals surface area contributed by atoms with Gasteiger partial charge >= 0.3 is 0 Å². The molecular formula is C19H19N3O3. The van der Waals surface area contributed by atoms with Crippen molar-refractivity contribution in [2.24, 2.45) is 5.41 Å². The second-order valence-electron chi connectivity index (χ2n) is 6.97. The zero-order valence-corrected chi connectivity index (χ0v) is 13.7. The van der Waals surface area contributed by atoms with Gasteiger partial charge in [-0.1, -0.05) is 6.07 Å². The summed E-state index contributed by atoms with van der Waals surface area (Å²) in [6, 6.07) is 9.26. The number of anilines is 1. The van der Waals surface area contributed by atoms with Crippen molar-refractivity contribution in [3.05, 3.63) is 59.4 Å². The highest BCUT2D eigenvalue weighted by Gasteiger charge is 2.45. The molecule has 2 aliphatic rings. The van der Waals surface area contributed by atoms with Crippen molar-refractivity contribution in [2.45, 2.75) is 25.7 Å². The summed E-state index contributed by atoms with van der Waals surface area (Å²) in [5.74, 6) is -0.352. The quantitative estimate of drug-likeness (QED) is 0.649. The van der Waals surface area contributed by atoms with Gasteiger partial charge in [-0.05, 0) is 54.7 Å². The lowest BCUT2D eigenvalue weighted by atomic mass is 9.70. The average Bonchev–Trinajstić information content (AvgIpc) is 2.97. The molecule has 2 amide bonds. The van der Waals surface area contributed by atoms with Crippen molar-refractivity contribution in [3.8, 4) is 0 Å². The van der Waals surface area contributed by atoms with Gasteiger partial charge in [-0.2, -0.15) is 0 Å². The number of pyridine rings is 1. The number of aryl methyl sites for hydroxylation is 1. The number of hydrogen-bond acceptors (Lipinski definition) is 4. The Morgan fingerprint density at radius 3 is 2.88 bits per heavy atom. The van der Waals surface area contributed by atoms with Gasteiger partial charge < -0.3 is 4.90 Å². The SMILES string of the molecule is O=C(NO)c1ccc2c(c1)CCC1(CC(=O)N(c3cccnc3)C1)C2. The number of carbonyl (C=O) groups excluding carboxylic acids is 2. The van der Waals surface area contributed by atoms with E-state index in [2.05, 4.69) is 4.98 Å². The molecule has 128 valence electrons. The van der Waals surface area contributed by atoms with E-state index in [1.54, 1.807) is 23.9 Å². The van der Waals surface area contributed by atoms with Gasteiger partial charge in [0.2, 0.25) is 5.91 Å². The van der Waals surface area contributed by atoms with E-state index >= 15 is 0 Å². The summed E-state index contributed by atoms with van der Waals surface area (Å²) in [6.07, 6.45) is 6.54. The van der Waals surface area contributed by atoms with Gasteiger partial charge in [0.05, 0.1) is 11.9 Å².